The Hall–Kier alpha value is -5.91. The van der Waals surface area contributed by atoms with Crippen LogP contribution < -0.4 is 20.7 Å². The van der Waals surface area contributed by atoms with Gasteiger partial charge >= 0.3 is 6.03 Å². The summed E-state index contributed by atoms with van der Waals surface area (Å²) < 4.78 is 19.0. The van der Waals surface area contributed by atoms with Crippen molar-refractivity contribution in [1.29, 1.82) is 0 Å². The lowest BCUT2D eigenvalue weighted by atomic mass is 9.98. The number of para-hydroxylation sites is 1. The van der Waals surface area contributed by atoms with Gasteiger partial charge in [0.25, 0.3) is 0 Å². The van der Waals surface area contributed by atoms with E-state index in [-0.39, 0.29) is 30.8 Å². The first-order valence-electron chi connectivity index (χ1n) is 18.5. The maximum atomic E-state index is 12.9. The number of aliphatic hydroxyl groups excluding tert-OH is 1. The maximum Gasteiger partial charge on any atom is 0.319 e. The first-order chi connectivity index (χ1) is 27.4. The van der Waals surface area contributed by atoms with Crippen LogP contribution >= 0.6 is 11.8 Å². The van der Waals surface area contributed by atoms with Gasteiger partial charge in [-0.1, -0.05) is 91.0 Å². The number of anilines is 2. The molecule has 284 valence electrons. The summed E-state index contributed by atoms with van der Waals surface area (Å²) in [4.78, 5) is 25.4. The predicted octanol–water partition coefficient (Wildman–Crippen LogP) is 10.3. The van der Waals surface area contributed by atoms with Crippen molar-refractivity contribution in [3.8, 4) is 22.6 Å². The third-order valence-corrected chi connectivity index (χ3v) is 10.4. The van der Waals surface area contributed by atoms with Gasteiger partial charge in [-0.2, -0.15) is 0 Å². The number of urea groups is 1. The molecule has 6 aromatic rings. The van der Waals surface area contributed by atoms with Crippen LogP contribution in [0, 0.1) is 0 Å². The molecule has 0 spiro atoms. The van der Waals surface area contributed by atoms with Crippen LogP contribution in [0.3, 0.4) is 0 Å². The third-order valence-electron chi connectivity index (χ3n) is 9.27. The van der Waals surface area contributed by atoms with E-state index in [1.54, 1.807) is 23.9 Å². The zero-order valence-electron chi connectivity index (χ0n) is 30.9. The quantitative estimate of drug-likeness (QED) is 0.0865. The second-order valence-corrected chi connectivity index (χ2v) is 14.5. The van der Waals surface area contributed by atoms with E-state index in [0.29, 0.717) is 30.2 Å². The molecule has 0 aromatic heterocycles. The molecule has 1 aliphatic rings. The van der Waals surface area contributed by atoms with Gasteiger partial charge in [0.1, 0.15) is 11.5 Å². The van der Waals surface area contributed by atoms with Crippen molar-refractivity contribution in [2.24, 2.45) is 0 Å². The number of aliphatic hydroxyl groups is 1. The molecule has 1 saturated heterocycles. The summed E-state index contributed by atoms with van der Waals surface area (Å²) in [7, 11) is 0. The SMILES string of the molecule is CC(=O)Nc1ccc(SCC2CC(c3ccc(CO)cc3)OC(c3ccc(-c4ccccc4CNC(=O)Nc4ccc(Oc5ccccc5)cc4)cc3)O2)cc1. The highest BCUT2D eigenvalue weighted by molar-refractivity contribution is 7.99. The van der Waals surface area contributed by atoms with Crippen molar-refractivity contribution >= 4 is 35.1 Å². The molecule has 0 aliphatic carbocycles. The van der Waals surface area contributed by atoms with E-state index in [4.69, 9.17) is 14.2 Å². The molecular formula is C46H43N3O6S. The Morgan fingerprint density at radius 1 is 0.714 bits per heavy atom. The lowest BCUT2D eigenvalue weighted by Crippen LogP contribution is -2.31. The van der Waals surface area contributed by atoms with Gasteiger partial charge in [-0.15, -0.1) is 11.8 Å². The van der Waals surface area contributed by atoms with Gasteiger partial charge in [0, 0.05) is 47.5 Å². The number of hydrogen-bond donors (Lipinski definition) is 4. The highest BCUT2D eigenvalue weighted by Crippen LogP contribution is 2.40. The molecule has 1 aliphatic heterocycles. The summed E-state index contributed by atoms with van der Waals surface area (Å²) in [6.45, 7) is 1.81. The number of rotatable bonds is 13. The molecular weight excluding hydrogens is 723 g/mol. The standard InChI is InChI=1S/C46H43N3O6S/c1-31(51)48-37-21-25-42(26-22-37)56-30-41-27-44(34-13-11-32(29-50)12-14-34)55-45(54-41)35-17-15-33(16-18-35)43-10-6-5-7-36(43)28-47-46(52)49-38-19-23-40(24-20-38)53-39-8-3-2-4-9-39/h2-26,41,44-45,50H,27-30H2,1H3,(H,48,51)(H2,47,49,52). The Balaban J connectivity index is 0.996. The summed E-state index contributed by atoms with van der Waals surface area (Å²) in [5.41, 5.74) is 7.17. The summed E-state index contributed by atoms with van der Waals surface area (Å²) in [6.07, 6.45) is -0.221. The Bertz CT molecular complexity index is 2200. The Labute approximate surface area is 331 Å². The Morgan fingerprint density at radius 2 is 1.36 bits per heavy atom. The predicted molar refractivity (Wildman–Crippen MR) is 221 cm³/mol. The maximum absolute atomic E-state index is 12.9. The Morgan fingerprint density at radius 3 is 2.07 bits per heavy atom. The highest BCUT2D eigenvalue weighted by atomic mass is 32.2. The number of carbonyl (C=O) groups is 2. The largest absolute Gasteiger partial charge is 0.457 e. The fourth-order valence-electron chi connectivity index (χ4n) is 6.41. The molecule has 9 nitrogen and oxygen atoms in total. The minimum Gasteiger partial charge on any atom is -0.457 e. The van der Waals surface area contributed by atoms with Gasteiger partial charge in [0.05, 0.1) is 18.8 Å². The van der Waals surface area contributed by atoms with Gasteiger partial charge in [0.2, 0.25) is 5.91 Å². The first kappa shape index (κ1) is 38.4. The summed E-state index contributed by atoms with van der Waals surface area (Å²) in [5.74, 6) is 2.03. The van der Waals surface area contributed by atoms with Crippen molar-refractivity contribution < 1.29 is 28.9 Å². The molecule has 3 atom stereocenters. The van der Waals surface area contributed by atoms with Gasteiger partial charge in [0.15, 0.2) is 6.29 Å². The van der Waals surface area contributed by atoms with Crippen LogP contribution in [0.25, 0.3) is 11.1 Å². The molecule has 0 bridgehead atoms. The van der Waals surface area contributed by atoms with Gasteiger partial charge in [-0.05, 0) is 88.5 Å². The molecule has 10 heteroatoms. The van der Waals surface area contributed by atoms with E-state index >= 15 is 0 Å². The lowest BCUT2D eigenvalue weighted by Gasteiger charge is -2.36. The van der Waals surface area contributed by atoms with Crippen LogP contribution in [-0.2, 0) is 27.4 Å². The van der Waals surface area contributed by atoms with Crippen LogP contribution in [-0.4, -0.2) is 28.9 Å². The average Bonchev–Trinajstić information content (AvgIpc) is 3.24. The number of thioether (sulfide) groups is 1. The molecule has 4 N–H and O–H groups in total. The number of amides is 3. The van der Waals surface area contributed by atoms with Crippen LogP contribution in [0.2, 0.25) is 0 Å². The van der Waals surface area contributed by atoms with Gasteiger partial charge in [-0.25, -0.2) is 4.79 Å². The van der Waals surface area contributed by atoms with Crippen molar-refractivity contribution in [3.63, 3.8) is 0 Å². The second kappa shape index (κ2) is 18.6. The smallest absolute Gasteiger partial charge is 0.319 e. The fraction of sp³-hybridized carbons (Fsp3) is 0.174. The highest BCUT2D eigenvalue weighted by Gasteiger charge is 2.32. The van der Waals surface area contributed by atoms with E-state index in [0.717, 1.165) is 49.7 Å². The summed E-state index contributed by atoms with van der Waals surface area (Å²) >= 11 is 1.70. The van der Waals surface area contributed by atoms with Crippen molar-refractivity contribution in [2.45, 2.75) is 49.9 Å². The Kier molecular flexibility index (Phi) is 12.8. The number of hydrogen-bond acceptors (Lipinski definition) is 7. The van der Waals surface area contributed by atoms with E-state index in [1.165, 1.54) is 6.92 Å². The van der Waals surface area contributed by atoms with Crippen molar-refractivity contribution in [2.75, 3.05) is 16.4 Å². The van der Waals surface area contributed by atoms with Crippen LogP contribution in [0.15, 0.2) is 157 Å². The van der Waals surface area contributed by atoms with Gasteiger partial charge in [-0.3, -0.25) is 4.79 Å². The average molecular weight is 766 g/mol. The van der Waals surface area contributed by atoms with Crippen molar-refractivity contribution in [1.82, 2.24) is 5.32 Å². The molecule has 56 heavy (non-hydrogen) atoms. The topological polar surface area (TPSA) is 118 Å². The first-order valence-corrected chi connectivity index (χ1v) is 19.4. The number of benzene rings is 6. The molecule has 1 heterocycles. The summed E-state index contributed by atoms with van der Waals surface area (Å²) in [5, 5.41) is 18.3. The second-order valence-electron chi connectivity index (χ2n) is 13.4. The van der Waals surface area contributed by atoms with E-state index in [2.05, 4.69) is 28.1 Å². The molecule has 0 saturated carbocycles. The van der Waals surface area contributed by atoms with E-state index in [9.17, 15) is 14.7 Å². The number of carbonyl (C=O) groups excluding carboxylic acids is 2. The monoisotopic (exact) mass is 765 g/mol. The zero-order valence-corrected chi connectivity index (χ0v) is 31.7. The van der Waals surface area contributed by atoms with E-state index < -0.39 is 6.29 Å². The zero-order chi connectivity index (χ0) is 38.7. The number of ether oxygens (including phenoxy) is 3. The minimum atomic E-state index is -0.590. The molecule has 0 radical (unpaired) electrons. The molecule has 7 rings (SSSR count). The lowest BCUT2D eigenvalue weighted by molar-refractivity contribution is -0.245. The third kappa shape index (κ3) is 10.4. The van der Waals surface area contributed by atoms with Crippen LogP contribution in [0.1, 0.15) is 48.0 Å². The minimum absolute atomic E-state index is 0.0171. The summed E-state index contributed by atoms with van der Waals surface area (Å²) in [6, 6.07) is 48.3. The van der Waals surface area contributed by atoms with Crippen molar-refractivity contribution in [3.05, 3.63) is 174 Å². The molecule has 1 fully saturated rings. The van der Waals surface area contributed by atoms with Crippen LogP contribution in [0.5, 0.6) is 11.5 Å². The van der Waals surface area contributed by atoms with Gasteiger partial charge < -0.3 is 35.3 Å². The normalized spacial score (nSPS) is 16.4. The molecule has 6 aromatic carbocycles. The number of nitrogens with one attached hydrogen (secondary N) is 3. The van der Waals surface area contributed by atoms with Crippen LogP contribution in [0.4, 0.5) is 16.2 Å². The van der Waals surface area contributed by atoms with E-state index in [1.807, 2.05) is 127 Å². The molecule has 3 amide bonds. The molecule has 3 unspecified atom stereocenters. The fourth-order valence-corrected chi connectivity index (χ4v) is 7.33.